The Kier molecular flexibility index (Phi) is 7.50. The van der Waals surface area contributed by atoms with E-state index in [-0.39, 0.29) is 11.9 Å². The van der Waals surface area contributed by atoms with Crippen LogP contribution in [0.5, 0.6) is 0 Å². The van der Waals surface area contributed by atoms with Crippen molar-refractivity contribution in [2.75, 3.05) is 33.2 Å². The number of rotatable bonds is 7. The molecule has 0 aromatic rings. The van der Waals surface area contributed by atoms with E-state index < -0.39 is 5.97 Å². The van der Waals surface area contributed by atoms with Crippen LogP contribution in [0.3, 0.4) is 0 Å². The number of nitrogens with one attached hydrogen (secondary N) is 1. The molecule has 0 radical (unpaired) electrons. The molecule has 1 aliphatic rings. The minimum atomic E-state index is -0.746. The zero-order chi connectivity index (χ0) is 15.8. The lowest BCUT2D eigenvalue weighted by atomic mass is 9.97. The third-order valence-corrected chi connectivity index (χ3v) is 4.23. The highest BCUT2D eigenvalue weighted by atomic mass is 16.4. The fraction of sp³-hybridized carbons (Fsp3) is 0.867. The van der Waals surface area contributed by atoms with Crippen molar-refractivity contribution in [1.29, 1.82) is 0 Å². The molecule has 1 heterocycles. The first-order valence-corrected chi connectivity index (χ1v) is 7.87. The maximum atomic E-state index is 11.9. The Balaban J connectivity index is 2.11. The third kappa shape index (κ3) is 6.33. The fourth-order valence-corrected chi connectivity index (χ4v) is 2.38. The van der Waals surface area contributed by atoms with Gasteiger partial charge in [0.1, 0.15) is 0 Å². The third-order valence-electron chi connectivity index (χ3n) is 4.23. The van der Waals surface area contributed by atoms with Crippen LogP contribution in [0, 0.1) is 5.92 Å². The number of hydrogen-bond acceptors (Lipinski definition) is 3. The smallest absolute Gasteiger partial charge is 0.317 e. The molecule has 0 unspecified atom stereocenters. The van der Waals surface area contributed by atoms with E-state index in [1.54, 1.807) is 4.90 Å². The van der Waals surface area contributed by atoms with Crippen LogP contribution in [0.4, 0.5) is 4.79 Å². The lowest BCUT2D eigenvalue weighted by Gasteiger charge is -2.30. The van der Waals surface area contributed by atoms with Gasteiger partial charge in [0.05, 0.1) is 5.92 Å². The predicted molar refractivity (Wildman–Crippen MR) is 82.3 cm³/mol. The summed E-state index contributed by atoms with van der Waals surface area (Å²) in [6.07, 6.45) is 3.15. The number of carbonyl (C=O) groups excluding carboxylic acids is 1. The molecule has 1 saturated heterocycles. The Morgan fingerprint density at radius 2 is 1.90 bits per heavy atom. The van der Waals surface area contributed by atoms with Gasteiger partial charge in [-0.15, -0.1) is 0 Å². The van der Waals surface area contributed by atoms with E-state index in [1.165, 1.54) is 0 Å². The van der Waals surface area contributed by atoms with Crippen molar-refractivity contribution in [2.24, 2.45) is 5.92 Å². The van der Waals surface area contributed by atoms with Crippen LogP contribution in [-0.4, -0.2) is 66.2 Å². The molecule has 0 aromatic carbocycles. The van der Waals surface area contributed by atoms with Crippen LogP contribution in [0.1, 0.15) is 39.5 Å². The summed E-state index contributed by atoms with van der Waals surface area (Å²) in [4.78, 5) is 26.8. The second-order valence-electron chi connectivity index (χ2n) is 6.11. The average molecular weight is 299 g/mol. The molecule has 1 aliphatic heterocycles. The molecule has 6 nitrogen and oxygen atoms in total. The van der Waals surface area contributed by atoms with Crippen molar-refractivity contribution in [3.05, 3.63) is 0 Å². The zero-order valence-electron chi connectivity index (χ0n) is 13.5. The summed E-state index contributed by atoms with van der Waals surface area (Å²) in [5.41, 5.74) is 0. The zero-order valence-corrected chi connectivity index (χ0v) is 13.5. The Hall–Kier alpha value is -1.30. The molecule has 6 heteroatoms. The van der Waals surface area contributed by atoms with Gasteiger partial charge in [0.15, 0.2) is 0 Å². The van der Waals surface area contributed by atoms with Crippen LogP contribution in [0.25, 0.3) is 0 Å². The molecular formula is C15H29N3O3. The number of piperidine rings is 1. The minimum Gasteiger partial charge on any atom is -0.481 e. The minimum absolute atomic E-state index is 0.0592. The Labute approximate surface area is 127 Å². The van der Waals surface area contributed by atoms with Crippen molar-refractivity contribution in [1.82, 2.24) is 15.1 Å². The van der Waals surface area contributed by atoms with E-state index in [0.29, 0.717) is 38.5 Å². The molecule has 0 spiro atoms. The highest BCUT2D eigenvalue weighted by Gasteiger charge is 2.26. The highest BCUT2D eigenvalue weighted by Crippen LogP contribution is 2.17. The maximum absolute atomic E-state index is 11.9. The maximum Gasteiger partial charge on any atom is 0.317 e. The van der Waals surface area contributed by atoms with Crippen LogP contribution in [0.15, 0.2) is 0 Å². The van der Waals surface area contributed by atoms with Crippen molar-refractivity contribution in [3.8, 4) is 0 Å². The molecule has 0 atom stereocenters. The molecule has 2 amide bonds. The largest absolute Gasteiger partial charge is 0.481 e. The molecule has 0 aromatic heterocycles. The number of carboxylic acids is 1. The molecule has 1 fully saturated rings. The van der Waals surface area contributed by atoms with Gasteiger partial charge in [-0.3, -0.25) is 4.79 Å². The second-order valence-corrected chi connectivity index (χ2v) is 6.11. The summed E-state index contributed by atoms with van der Waals surface area (Å²) >= 11 is 0. The number of likely N-dealkylation sites (tertiary alicyclic amines) is 1. The normalized spacial score (nSPS) is 16.5. The molecule has 2 N–H and O–H groups in total. The quantitative estimate of drug-likeness (QED) is 0.701. The molecular weight excluding hydrogens is 270 g/mol. The van der Waals surface area contributed by atoms with Gasteiger partial charge in [-0.1, -0.05) is 0 Å². The van der Waals surface area contributed by atoms with Gasteiger partial charge in [-0.05, 0) is 53.1 Å². The van der Waals surface area contributed by atoms with Crippen LogP contribution < -0.4 is 5.32 Å². The number of carbonyl (C=O) groups is 2. The van der Waals surface area contributed by atoms with Crippen LogP contribution in [-0.2, 0) is 4.79 Å². The number of aliphatic carboxylic acids is 1. The Bertz CT molecular complexity index is 339. The standard InChI is InChI=1S/C15H29N3O3/c1-12(2)17(3)9-5-4-8-16-15(21)18-10-6-13(7-11-18)14(19)20/h12-13H,4-11H2,1-3H3,(H,16,21)(H,19,20). The van der Waals surface area contributed by atoms with Crippen molar-refractivity contribution >= 4 is 12.0 Å². The summed E-state index contributed by atoms with van der Waals surface area (Å²) < 4.78 is 0. The van der Waals surface area contributed by atoms with Crippen molar-refractivity contribution < 1.29 is 14.7 Å². The van der Waals surface area contributed by atoms with E-state index >= 15 is 0 Å². The lowest BCUT2D eigenvalue weighted by molar-refractivity contribution is -0.143. The van der Waals surface area contributed by atoms with Crippen LogP contribution in [0.2, 0.25) is 0 Å². The molecule has 122 valence electrons. The van der Waals surface area contributed by atoms with E-state index in [2.05, 4.69) is 31.1 Å². The summed E-state index contributed by atoms with van der Waals surface area (Å²) in [6, 6.07) is 0.492. The Morgan fingerprint density at radius 1 is 1.29 bits per heavy atom. The monoisotopic (exact) mass is 299 g/mol. The summed E-state index contributed by atoms with van der Waals surface area (Å²) in [5.74, 6) is -1.04. The van der Waals surface area contributed by atoms with Gasteiger partial charge >= 0.3 is 12.0 Å². The van der Waals surface area contributed by atoms with Crippen molar-refractivity contribution in [2.45, 2.75) is 45.6 Å². The van der Waals surface area contributed by atoms with Gasteiger partial charge in [-0.25, -0.2) is 4.79 Å². The van der Waals surface area contributed by atoms with Gasteiger partial charge in [-0.2, -0.15) is 0 Å². The topological polar surface area (TPSA) is 72.9 Å². The molecule has 0 bridgehead atoms. The number of urea groups is 1. The van der Waals surface area contributed by atoms with Gasteiger partial charge < -0.3 is 20.2 Å². The number of amides is 2. The molecule has 21 heavy (non-hydrogen) atoms. The fourth-order valence-electron chi connectivity index (χ4n) is 2.38. The van der Waals surface area contributed by atoms with E-state index in [0.717, 1.165) is 19.4 Å². The van der Waals surface area contributed by atoms with E-state index in [9.17, 15) is 9.59 Å². The molecule has 0 aliphatic carbocycles. The molecule has 1 rings (SSSR count). The lowest BCUT2D eigenvalue weighted by Crippen LogP contribution is -2.45. The number of hydrogen-bond donors (Lipinski definition) is 2. The van der Waals surface area contributed by atoms with Crippen LogP contribution >= 0.6 is 0 Å². The number of unbranched alkanes of at least 4 members (excludes halogenated alkanes) is 1. The first-order valence-electron chi connectivity index (χ1n) is 7.87. The molecule has 0 saturated carbocycles. The second kappa shape index (κ2) is 8.87. The van der Waals surface area contributed by atoms with E-state index in [1.807, 2.05) is 0 Å². The number of nitrogens with zero attached hydrogens (tertiary/aromatic N) is 2. The Morgan fingerprint density at radius 3 is 2.43 bits per heavy atom. The van der Waals surface area contributed by atoms with Gasteiger partial charge in [0, 0.05) is 25.7 Å². The van der Waals surface area contributed by atoms with Gasteiger partial charge in [0.25, 0.3) is 0 Å². The first-order chi connectivity index (χ1) is 9.91. The first kappa shape index (κ1) is 17.8. The summed E-state index contributed by atoms with van der Waals surface area (Å²) in [6.45, 7) is 7.14. The SMILES string of the molecule is CC(C)N(C)CCCCNC(=O)N1CCC(C(=O)O)CC1. The van der Waals surface area contributed by atoms with Crippen molar-refractivity contribution in [3.63, 3.8) is 0 Å². The summed E-state index contributed by atoms with van der Waals surface area (Å²) in [5, 5.41) is 11.8. The average Bonchev–Trinajstić information content (AvgIpc) is 2.46. The highest BCUT2D eigenvalue weighted by molar-refractivity contribution is 5.75. The summed E-state index contributed by atoms with van der Waals surface area (Å²) in [7, 11) is 2.11. The van der Waals surface area contributed by atoms with E-state index in [4.69, 9.17) is 5.11 Å². The predicted octanol–water partition coefficient (Wildman–Crippen LogP) is 1.61. The number of carboxylic acid groups (broad SMARTS) is 1. The van der Waals surface area contributed by atoms with Gasteiger partial charge in [0.2, 0.25) is 0 Å².